The number of carboxylic acids is 1. The van der Waals surface area contributed by atoms with Gasteiger partial charge in [0.15, 0.2) is 11.5 Å². The van der Waals surface area contributed by atoms with E-state index in [2.05, 4.69) is 16.0 Å². The number of aromatic hydroxyl groups is 1. The maximum Gasteiger partial charge on any atom is 0.339 e. The minimum Gasteiger partial charge on any atom is -0.507 e. The highest BCUT2D eigenvalue weighted by molar-refractivity contribution is 8.00. The van der Waals surface area contributed by atoms with Crippen LogP contribution in [-0.4, -0.2) is 48.1 Å². The maximum absolute atomic E-state index is 13.8. The van der Waals surface area contributed by atoms with Crippen molar-refractivity contribution in [2.45, 2.75) is 10.1 Å². The van der Waals surface area contributed by atoms with Crippen molar-refractivity contribution < 1.29 is 38.9 Å². The summed E-state index contributed by atoms with van der Waals surface area (Å²) in [5, 5.41) is 26.8. The summed E-state index contributed by atoms with van der Waals surface area (Å²) in [6.45, 7) is 0. The van der Waals surface area contributed by atoms with Crippen LogP contribution in [-0.2, 0) is 9.59 Å². The number of hydrogen-bond donors (Lipinski definition) is 5. The lowest BCUT2D eigenvalue weighted by molar-refractivity contribution is -0.116. The number of amides is 3. The van der Waals surface area contributed by atoms with E-state index >= 15 is 0 Å². The zero-order chi connectivity index (χ0) is 36.3. The summed E-state index contributed by atoms with van der Waals surface area (Å²) in [5.41, 5.74) is 1.68. The first-order valence-electron chi connectivity index (χ1n) is 15.5. The predicted molar refractivity (Wildman–Crippen MR) is 195 cm³/mol. The molecular weight excluding hydrogens is 671 g/mol. The normalized spacial score (nSPS) is 11.5. The molecule has 1 atom stereocenters. The zero-order valence-corrected chi connectivity index (χ0v) is 28.3. The Bertz CT molecular complexity index is 2090. The van der Waals surface area contributed by atoms with E-state index in [9.17, 15) is 29.4 Å². The predicted octanol–water partition coefficient (Wildman–Crippen LogP) is 6.99. The molecule has 0 saturated carbocycles. The number of methoxy groups -OCH3 is 2. The Hall–Kier alpha value is -6.53. The van der Waals surface area contributed by atoms with Crippen LogP contribution in [0.25, 0.3) is 6.08 Å². The molecule has 258 valence electrons. The number of anilines is 2. The molecule has 5 aromatic rings. The van der Waals surface area contributed by atoms with E-state index in [0.29, 0.717) is 38.8 Å². The first-order valence-corrected chi connectivity index (χ1v) is 16.3. The summed E-state index contributed by atoms with van der Waals surface area (Å²) in [6.07, 6.45) is 1.49. The Labute approximate surface area is 297 Å². The summed E-state index contributed by atoms with van der Waals surface area (Å²) < 4.78 is 10.9. The molecule has 3 amide bonds. The van der Waals surface area contributed by atoms with Crippen molar-refractivity contribution in [3.05, 3.63) is 149 Å². The van der Waals surface area contributed by atoms with E-state index in [1.165, 1.54) is 50.3 Å². The number of rotatable bonds is 13. The highest BCUT2D eigenvalue weighted by Crippen LogP contribution is 2.38. The molecule has 0 radical (unpaired) electrons. The van der Waals surface area contributed by atoms with Gasteiger partial charge in [-0.2, -0.15) is 0 Å². The average molecular weight is 704 g/mol. The fraction of sp³-hybridized carbons (Fsp3) is 0.0769. The molecule has 51 heavy (non-hydrogen) atoms. The fourth-order valence-corrected chi connectivity index (χ4v) is 6.08. The van der Waals surface area contributed by atoms with Crippen molar-refractivity contribution in [1.82, 2.24) is 5.32 Å². The molecule has 0 aliphatic heterocycles. The van der Waals surface area contributed by atoms with Gasteiger partial charge in [0, 0.05) is 27.4 Å². The van der Waals surface area contributed by atoms with E-state index < -0.39 is 34.7 Å². The van der Waals surface area contributed by atoms with Gasteiger partial charge in [-0.05, 0) is 66.2 Å². The van der Waals surface area contributed by atoms with Crippen LogP contribution in [0.5, 0.6) is 17.2 Å². The number of carbonyl (C=O) groups is 4. The lowest BCUT2D eigenvalue weighted by Gasteiger charge is -2.18. The number of aromatic carboxylic acids is 1. The third-order valence-corrected chi connectivity index (χ3v) is 8.69. The van der Waals surface area contributed by atoms with Crippen LogP contribution in [0.4, 0.5) is 11.4 Å². The molecule has 0 fully saturated rings. The van der Waals surface area contributed by atoms with Crippen LogP contribution in [0.1, 0.15) is 37.1 Å². The number of benzene rings is 5. The number of carboxylic acid groups (broad SMARTS) is 1. The van der Waals surface area contributed by atoms with Gasteiger partial charge < -0.3 is 35.6 Å². The van der Waals surface area contributed by atoms with Gasteiger partial charge >= 0.3 is 5.97 Å². The first-order chi connectivity index (χ1) is 24.7. The topological polar surface area (TPSA) is 163 Å². The molecule has 0 bridgehead atoms. The number of carbonyl (C=O) groups excluding carboxylic acids is 3. The Morgan fingerprint density at radius 3 is 2.12 bits per heavy atom. The lowest BCUT2D eigenvalue weighted by Crippen LogP contribution is -2.30. The van der Waals surface area contributed by atoms with Crippen LogP contribution in [0.2, 0.25) is 0 Å². The number of phenols is 1. The molecule has 0 aromatic heterocycles. The van der Waals surface area contributed by atoms with Crippen LogP contribution < -0.4 is 25.4 Å². The quantitative estimate of drug-likeness (QED) is 0.0494. The van der Waals surface area contributed by atoms with Crippen LogP contribution in [0, 0.1) is 0 Å². The smallest absolute Gasteiger partial charge is 0.339 e. The van der Waals surface area contributed by atoms with Crippen molar-refractivity contribution in [3.63, 3.8) is 0 Å². The Morgan fingerprint density at radius 1 is 0.745 bits per heavy atom. The second-order valence-corrected chi connectivity index (χ2v) is 12.1. The van der Waals surface area contributed by atoms with Crippen LogP contribution in [0.3, 0.4) is 0 Å². The molecule has 0 saturated heterocycles. The molecule has 11 nitrogen and oxygen atoms in total. The average Bonchev–Trinajstić information content (AvgIpc) is 3.14. The zero-order valence-electron chi connectivity index (χ0n) is 27.5. The molecule has 0 heterocycles. The largest absolute Gasteiger partial charge is 0.507 e. The molecular formula is C39H33N3O8S. The second-order valence-electron chi connectivity index (χ2n) is 10.9. The van der Waals surface area contributed by atoms with Crippen molar-refractivity contribution in [3.8, 4) is 17.2 Å². The van der Waals surface area contributed by atoms with Gasteiger partial charge in [0.25, 0.3) is 11.8 Å². The van der Waals surface area contributed by atoms with Gasteiger partial charge in [0.05, 0.1) is 14.2 Å². The first kappa shape index (κ1) is 35.8. The molecule has 0 aliphatic rings. The fourth-order valence-electron chi connectivity index (χ4n) is 5.00. The maximum atomic E-state index is 13.8. The SMILES string of the molecule is COc1cccc(/C=C(/NC(=O)c2ccccc2)C(=O)Nc2cccc(SC(C(=O)Nc3ccc(O)c(C(=O)O)c3)c3ccccc3)c2)c1OC. The summed E-state index contributed by atoms with van der Waals surface area (Å²) in [6, 6.07) is 33.3. The van der Waals surface area contributed by atoms with Gasteiger partial charge in [-0.25, -0.2) is 4.79 Å². The van der Waals surface area contributed by atoms with E-state index in [1.54, 1.807) is 97.1 Å². The third-order valence-electron chi connectivity index (χ3n) is 7.44. The minimum absolute atomic E-state index is 0.0652. The van der Waals surface area contributed by atoms with Gasteiger partial charge in [-0.3, -0.25) is 14.4 Å². The summed E-state index contributed by atoms with van der Waals surface area (Å²) in [4.78, 5) is 52.8. The summed E-state index contributed by atoms with van der Waals surface area (Å²) >= 11 is 1.21. The Morgan fingerprint density at radius 2 is 1.43 bits per heavy atom. The van der Waals surface area contributed by atoms with Crippen molar-refractivity contribution in [2.75, 3.05) is 24.9 Å². The Kier molecular flexibility index (Phi) is 11.7. The third kappa shape index (κ3) is 9.13. The lowest BCUT2D eigenvalue weighted by atomic mass is 10.1. The second kappa shape index (κ2) is 16.7. The van der Waals surface area contributed by atoms with E-state index in [0.717, 1.165) is 0 Å². The number of nitrogens with one attached hydrogen (secondary N) is 3. The molecule has 0 spiro atoms. The highest BCUT2D eigenvalue weighted by Gasteiger charge is 2.24. The molecule has 1 unspecified atom stereocenters. The van der Waals surface area contributed by atoms with Gasteiger partial charge in [0.1, 0.15) is 22.3 Å². The number of para-hydroxylation sites is 1. The number of hydrogen-bond acceptors (Lipinski definition) is 8. The molecule has 5 N–H and O–H groups in total. The molecule has 12 heteroatoms. The Balaban J connectivity index is 1.42. The van der Waals surface area contributed by atoms with E-state index in [-0.39, 0.29) is 16.9 Å². The number of thioether (sulfide) groups is 1. The highest BCUT2D eigenvalue weighted by atomic mass is 32.2. The molecule has 5 aromatic carbocycles. The molecule has 5 rings (SSSR count). The van der Waals surface area contributed by atoms with Crippen molar-refractivity contribution in [1.29, 1.82) is 0 Å². The van der Waals surface area contributed by atoms with Gasteiger partial charge in [-0.15, -0.1) is 11.8 Å². The van der Waals surface area contributed by atoms with Crippen molar-refractivity contribution in [2.24, 2.45) is 0 Å². The number of ether oxygens (including phenoxy) is 2. The summed E-state index contributed by atoms with van der Waals surface area (Å²) in [7, 11) is 2.97. The van der Waals surface area contributed by atoms with Crippen LogP contribution in [0.15, 0.2) is 132 Å². The molecule has 0 aliphatic carbocycles. The van der Waals surface area contributed by atoms with E-state index in [4.69, 9.17) is 9.47 Å². The van der Waals surface area contributed by atoms with Crippen LogP contribution >= 0.6 is 11.8 Å². The van der Waals surface area contributed by atoms with E-state index in [1.807, 2.05) is 6.07 Å². The monoisotopic (exact) mass is 703 g/mol. The minimum atomic E-state index is -1.34. The van der Waals surface area contributed by atoms with Gasteiger partial charge in [-0.1, -0.05) is 66.7 Å². The standard InChI is InChI=1S/C39H33N3O8S/c1-49-33-18-9-15-26(34(33)50-2)21-31(42-36(44)25-13-7-4-8-14-25)37(45)40-27-16-10-17-29(22-27)51-35(24-11-5-3-6-12-24)38(46)41-28-19-20-32(43)30(23-28)39(47)48/h3-23,35,43H,1-2H3,(H,40,45)(H,41,46)(H,42,44)(H,47,48)/b31-21+. The van der Waals surface area contributed by atoms with Gasteiger partial charge in [0.2, 0.25) is 5.91 Å². The summed E-state index contributed by atoms with van der Waals surface area (Å²) in [5.74, 6) is -2.51. The van der Waals surface area contributed by atoms with Crippen molar-refractivity contribution >= 4 is 52.9 Å².